The number of hydrogen-bond acceptors (Lipinski definition) is 5. The molecule has 0 spiro atoms. The van der Waals surface area contributed by atoms with Crippen LogP contribution in [0.3, 0.4) is 0 Å². The van der Waals surface area contributed by atoms with Crippen LogP contribution in [-0.4, -0.2) is 24.1 Å². The number of nitrogens with one attached hydrogen (secondary N) is 1. The Kier molecular flexibility index (Phi) is 3.71. The standard InChI is InChI=1S/C12H15N3OS/c1-8-15-11(7-17-8)12(13-2)9-4-10(16-3)6-14-5-9/h4-7,12-13H,1-3H3. The molecule has 17 heavy (non-hydrogen) atoms. The van der Waals surface area contributed by atoms with Crippen molar-refractivity contribution in [3.8, 4) is 5.75 Å². The lowest BCUT2D eigenvalue weighted by molar-refractivity contribution is 0.411. The van der Waals surface area contributed by atoms with Crippen molar-refractivity contribution in [2.45, 2.75) is 13.0 Å². The predicted octanol–water partition coefficient (Wildman–Crippen LogP) is 2.16. The molecule has 2 rings (SSSR count). The lowest BCUT2D eigenvalue weighted by Crippen LogP contribution is -2.18. The van der Waals surface area contributed by atoms with E-state index in [0.717, 1.165) is 22.0 Å². The van der Waals surface area contributed by atoms with Gasteiger partial charge in [0.05, 0.1) is 30.1 Å². The molecule has 4 nitrogen and oxygen atoms in total. The van der Waals surface area contributed by atoms with E-state index in [2.05, 4.69) is 20.7 Å². The van der Waals surface area contributed by atoms with Gasteiger partial charge in [-0.25, -0.2) is 4.98 Å². The molecule has 0 aliphatic heterocycles. The summed E-state index contributed by atoms with van der Waals surface area (Å²) in [6.07, 6.45) is 3.53. The molecular weight excluding hydrogens is 234 g/mol. The Bertz CT molecular complexity index is 498. The average Bonchev–Trinajstić information content (AvgIpc) is 2.77. The van der Waals surface area contributed by atoms with E-state index in [1.54, 1.807) is 24.6 Å². The molecule has 0 aliphatic rings. The molecule has 0 saturated carbocycles. The molecule has 0 bridgehead atoms. The highest BCUT2D eigenvalue weighted by Crippen LogP contribution is 2.24. The number of rotatable bonds is 4. The van der Waals surface area contributed by atoms with E-state index in [4.69, 9.17) is 4.74 Å². The van der Waals surface area contributed by atoms with E-state index in [0.29, 0.717) is 0 Å². The Balaban J connectivity index is 2.34. The zero-order chi connectivity index (χ0) is 12.3. The Hall–Kier alpha value is -1.46. The molecule has 1 unspecified atom stereocenters. The minimum Gasteiger partial charge on any atom is -0.495 e. The van der Waals surface area contributed by atoms with E-state index in [9.17, 15) is 0 Å². The molecule has 0 amide bonds. The lowest BCUT2D eigenvalue weighted by atomic mass is 10.1. The maximum absolute atomic E-state index is 5.18. The monoisotopic (exact) mass is 249 g/mol. The van der Waals surface area contributed by atoms with Crippen LogP contribution in [0.15, 0.2) is 23.8 Å². The number of nitrogens with zero attached hydrogens (tertiary/aromatic N) is 2. The van der Waals surface area contributed by atoms with Crippen molar-refractivity contribution in [3.63, 3.8) is 0 Å². The maximum atomic E-state index is 5.18. The zero-order valence-corrected chi connectivity index (χ0v) is 10.9. The summed E-state index contributed by atoms with van der Waals surface area (Å²) in [5.74, 6) is 0.759. The molecule has 90 valence electrons. The van der Waals surface area contributed by atoms with Crippen LogP contribution in [0.1, 0.15) is 22.3 Å². The minimum absolute atomic E-state index is 0.0579. The largest absolute Gasteiger partial charge is 0.495 e. The first kappa shape index (κ1) is 12.0. The van der Waals surface area contributed by atoms with Gasteiger partial charge in [-0.2, -0.15) is 0 Å². The fourth-order valence-corrected chi connectivity index (χ4v) is 2.34. The van der Waals surface area contributed by atoms with Crippen molar-refractivity contribution in [2.75, 3.05) is 14.2 Å². The third kappa shape index (κ3) is 2.62. The van der Waals surface area contributed by atoms with Gasteiger partial charge >= 0.3 is 0 Å². The molecule has 1 N–H and O–H groups in total. The summed E-state index contributed by atoms with van der Waals surface area (Å²) in [5, 5.41) is 6.38. The van der Waals surface area contributed by atoms with Crippen LogP contribution in [0.25, 0.3) is 0 Å². The van der Waals surface area contributed by atoms with Crippen LogP contribution in [0.2, 0.25) is 0 Å². The van der Waals surface area contributed by atoms with Gasteiger partial charge in [0.15, 0.2) is 0 Å². The van der Waals surface area contributed by atoms with Crippen LogP contribution in [-0.2, 0) is 0 Å². The Morgan fingerprint density at radius 3 is 2.82 bits per heavy atom. The van der Waals surface area contributed by atoms with Crippen molar-refractivity contribution < 1.29 is 4.74 Å². The average molecular weight is 249 g/mol. The summed E-state index contributed by atoms with van der Waals surface area (Å²) >= 11 is 1.65. The fourth-order valence-electron chi connectivity index (χ4n) is 1.70. The van der Waals surface area contributed by atoms with Gasteiger partial charge in [-0.1, -0.05) is 0 Å². The first-order valence-electron chi connectivity index (χ1n) is 5.33. The zero-order valence-electron chi connectivity index (χ0n) is 10.1. The second kappa shape index (κ2) is 5.25. The smallest absolute Gasteiger partial charge is 0.137 e. The van der Waals surface area contributed by atoms with E-state index in [-0.39, 0.29) is 6.04 Å². The van der Waals surface area contributed by atoms with Gasteiger partial charge in [0, 0.05) is 11.6 Å². The van der Waals surface area contributed by atoms with E-state index >= 15 is 0 Å². The number of thiazole rings is 1. The molecule has 0 fully saturated rings. The Labute approximate surface area is 105 Å². The van der Waals surface area contributed by atoms with Crippen molar-refractivity contribution in [2.24, 2.45) is 0 Å². The van der Waals surface area contributed by atoms with Crippen LogP contribution in [0.4, 0.5) is 0 Å². The van der Waals surface area contributed by atoms with Gasteiger partial charge in [0.2, 0.25) is 0 Å². The molecule has 2 heterocycles. The normalized spacial score (nSPS) is 12.4. The number of pyridine rings is 1. The van der Waals surface area contributed by atoms with E-state index in [1.165, 1.54) is 0 Å². The quantitative estimate of drug-likeness (QED) is 0.902. The van der Waals surface area contributed by atoms with E-state index < -0.39 is 0 Å². The first-order valence-corrected chi connectivity index (χ1v) is 6.20. The fraction of sp³-hybridized carbons (Fsp3) is 0.333. The van der Waals surface area contributed by atoms with Gasteiger partial charge in [0.1, 0.15) is 5.75 Å². The topological polar surface area (TPSA) is 47.0 Å². The number of aryl methyl sites for hydroxylation is 1. The SMILES string of the molecule is CNC(c1cncc(OC)c1)c1csc(C)n1. The molecule has 0 saturated heterocycles. The van der Waals surface area contributed by atoms with Crippen LogP contribution >= 0.6 is 11.3 Å². The summed E-state index contributed by atoms with van der Waals surface area (Å²) < 4.78 is 5.18. The van der Waals surface area contributed by atoms with Crippen LogP contribution in [0, 0.1) is 6.92 Å². The highest BCUT2D eigenvalue weighted by atomic mass is 32.1. The summed E-state index contributed by atoms with van der Waals surface area (Å²) in [6.45, 7) is 2.00. The molecule has 2 aromatic heterocycles. The van der Waals surface area contributed by atoms with Crippen molar-refractivity contribution in [1.82, 2.24) is 15.3 Å². The highest BCUT2D eigenvalue weighted by molar-refractivity contribution is 7.09. The summed E-state index contributed by atoms with van der Waals surface area (Å²) in [5.41, 5.74) is 2.07. The molecule has 0 aromatic carbocycles. The molecule has 1 atom stereocenters. The predicted molar refractivity (Wildman–Crippen MR) is 68.5 cm³/mol. The van der Waals surface area contributed by atoms with Crippen molar-refractivity contribution in [3.05, 3.63) is 40.1 Å². The van der Waals surface area contributed by atoms with Gasteiger partial charge in [-0.05, 0) is 25.6 Å². The highest BCUT2D eigenvalue weighted by Gasteiger charge is 2.15. The molecule has 5 heteroatoms. The number of methoxy groups -OCH3 is 1. The number of ether oxygens (including phenoxy) is 1. The van der Waals surface area contributed by atoms with Gasteiger partial charge in [0.25, 0.3) is 0 Å². The number of aromatic nitrogens is 2. The first-order chi connectivity index (χ1) is 8.24. The van der Waals surface area contributed by atoms with E-state index in [1.807, 2.05) is 26.2 Å². The number of hydrogen-bond donors (Lipinski definition) is 1. The second-order valence-electron chi connectivity index (χ2n) is 3.67. The van der Waals surface area contributed by atoms with Crippen LogP contribution < -0.4 is 10.1 Å². The molecule has 2 aromatic rings. The summed E-state index contributed by atoms with van der Waals surface area (Å²) in [7, 11) is 3.56. The Morgan fingerprint density at radius 1 is 1.41 bits per heavy atom. The summed E-state index contributed by atoms with van der Waals surface area (Å²) in [4.78, 5) is 8.67. The minimum atomic E-state index is 0.0579. The van der Waals surface area contributed by atoms with Gasteiger partial charge in [-0.15, -0.1) is 11.3 Å². The third-order valence-corrected chi connectivity index (χ3v) is 3.32. The second-order valence-corrected chi connectivity index (χ2v) is 4.73. The summed E-state index contributed by atoms with van der Waals surface area (Å²) in [6, 6.07) is 2.03. The Morgan fingerprint density at radius 2 is 2.24 bits per heavy atom. The van der Waals surface area contributed by atoms with Gasteiger partial charge < -0.3 is 10.1 Å². The van der Waals surface area contributed by atoms with Crippen molar-refractivity contribution >= 4 is 11.3 Å². The third-order valence-electron chi connectivity index (χ3n) is 2.52. The molecule has 0 radical (unpaired) electrons. The van der Waals surface area contributed by atoms with Crippen molar-refractivity contribution in [1.29, 1.82) is 0 Å². The lowest BCUT2D eigenvalue weighted by Gasteiger charge is -2.14. The maximum Gasteiger partial charge on any atom is 0.137 e. The van der Waals surface area contributed by atoms with Crippen LogP contribution in [0.5, 0.6) is 5.75 Å². The van der Waals surface area contributed by atoms with Gasteiger partial charge in [-0.3, -0.25) is 4.98 Å². The molecular formula is C12H15N3OS. The molecule has 0 aliphatic carbocycles.